The van der Waals surface area contributed by atoms with Crippen molar-refractivity contribution in [2.75, 3.05) is 11.9 Å². The fourth-order valence-corrected chi connectivity index (χ4v) is 4.87. The topological polar surface area (TPSA) is 101 Å². The zero-order chi connectivity index (χ0) is 23.1. The van der Waals surface area contributed by atoms with Gasteiger partial charge in [-0.1, -0.05) is 30.3 Å². The lowest BCUT2D eigenvalue weighted by atomic mass is 10.0. The summed E-state index contributed by atoms with van der Waals surface area (Å²) < 4.78 is 1.55. The molecule has 1 aromatic heterocycles. The largest absolute Gasteiger partial charge is 0.344 e. The van der Waals surface area contributed by atoms with Crippen molar-refractivity contribution in [1.29, 1.82) is 0 Å². The summed E-state index contributed by atoms with van der Waals surface area (Å²) in [6.45, 7) is 1.81. The van der Waals surface area contributed by atoms with Crippen LogP contribution in [0.4, 0.5) is 5.69 Å². The van der Waals surface area contributed by atoms with Crippen molar-refractivity contribution in [1.82, 2.24) is 14.8 Å². The number of aromatic nitrogens is 1. The van der Waals surface area contributed by atoms with E-state index >= 15 is 0 Å². The van der Waals surface area contributed by atoms with Crippen molar-refractivity contribution in [2.24, 2.45) is 0 Å². The summed E-state index contributed by atoms with van der Waals surface area (Å²) in [5.41, 5.74) is 2.25. The molecule has 3 amide bonds. The third-order valence-corrected chi connectivity index (χ3v) is 6.37. The Kier molecular flexibility index (Phi) is 5.20. The second-order valence-corrected chi connectivity index (χ2v) is 8.53. The van der Waals surface area contributed by atoms with Gasteiger partial charge in [0.1, 0.15) is 12.1 Å². The van der Waals surface area contributed by atoms with E-state index in [1.807, 2.05) is 24.3 Å². The number of nitrogens with one attached hydrogen (secondary N) is 2. The van der Waals surface area contributed by atoms with Crippen molar-refractivity contribution in [3.63, 3.8) is 0 Å². The maximum absolute atomic E-state index is 13.6. The SMILES string of the molecule is CC(=O)N[C@H]1Cc2cn(c3ccccc23)C(=O)c2ccccc2NC(=O)[C@@H]2CCCN2C1=O. The van der Waals surface area contributed by atoms with Crippen molar-refractivity contribution in [3.05, 3.63) is 65.9 Å². The lowest BCUT2D eigenvalue weighted by Gasteiger charge is -2.28. The highest BCUT2D eigenvalue weighted by Crippen LogP contribution is 2.28. The molecule has 3 heterocycles. The van der Waals surface area contributed by atoms with Gasteiger partial charge in [-0.15, -0.1) is 0 Å². The number of hydrogen-bond donors (Lipinski definition) is 2. The van der Waals surface area contributed by atoms with Crippen molar-refractivity contribution < 1.29 is 19.2 Å². The number of benzene rings is 2. The van der Waals surface area contributed by atoms with Crippen molar-refractivity contribution in [2.45, 2.75) is 38.3 Å². The Bertz CT molecular complexity index is 1290. The van der Waals surface area contributed by atoms with E-state index in [1.165, 1.54) is 6.92 Å². The Hall–Kier alpha value is -3.94. The monoisotopic (exact) mass is 444 g/mol. The summed E-state index contributed by atoms with van der Waals surface area (Å²) in [7, 11) is 0. The average molecular weight is 444 g/mol. The van der Waals surface area contributed by atoms with E-state index in [0.717, 1.165) is 10.9 Å². The molecule has 33 heavy (non-hydrogen) atoms. The molecule has 0 saturated carbocycles. The quantitative estimate of drug-likeness (QED) is 0.602. The molecule has 8 nitrogen and oxygen atoms in total. The molecule has 1 fully saturated rings. The molecular formula is C25H24N4O4. The first-order chi connectivity index (χ1) is 15.9. The molecule has 1 saturated heterocycles. The Morgan fingerprint density at radius 2 is 1.82 bits per heavy atom. The average Bonchev–Trinajstić information content (AvgIpc) is 3.43. The number of rotatable bonds is 1. The summed E-state index contributed by atoms with van der Waals surface area (Å²) >= 11 is 0. The van der Waals surface area contributed by atoms with Crippen LogP contribution in [0.5, 0.6) is 0 Å². The first-order valence-corrected chi connectivity index (χ1v) is 11.0. The molecule has 8 heteroatoms. The van der Waals surface area contributed by atoms with E-state index in [9.17, 15) is 19.2 Å². The summed E-state index contributed by atoms with van der Waals surface area (Å²) in [6, 6.07) is 12.9. The minimum atomic E-state index is -0.839. The fraction of sp³-hybridized carbons (Fsp3) is 0.280. The van der Waals surface area contributed by atoms with Crippen LogP contribution in [0.3, 0.4) is 0 Å². The highest BCUT2D eigenvalue weighted by atomic mass is 16.2. The molecule has 3 aromatic rings. The minimum absolute atomic E-state index is 0.214. The molecular weight excluding hydrogens is 420 g/mol. The second kappa shape index (κ2) is 8.20. The molecule has 2 aromatic carbocycles. The molecule has 0 radical (unpaired) electrons. The third-order valence-electron chi connectivity index (χ3n) is 6.37. The van der Waals surface area contributed by atoms with E-state index in [0.29, 0.717) is 36.2 Å². The van der Waals surface area contributed by atoms with Crippen LogP contribution in [-0.2, 0) is 20.8 Å². The van der Waals surface area contributed by atoms with Gasteiger partial charge in [0.2, 0.25) is 17.7 Å². The summed E-state index contributed by atoms with van der Waals surface area (Å²) in [5, 5.41) is 6.47. The highest BCUT2D eigenvalue weighted by molar-refractivity contribution is 6.09. The lowest BCUT2D eigenvalue weighted by Crippen LogP contribution is -2.53. The highest BCUT2D eigenvalue weighted by Gasteiger charge is 2.38. The number of carbonyl (C=O) groups excluding carboxylic acids is 4. The number of hydrogen-bond acceptors (Lipinski definition) is 4. The van der Waals surface area contributed by atoms with Crippen LogP contribution >= 0.6 is 0 Å². The third kappa shape index (κ3) is 3.67. The maximum atomic E-state index is 13.6. The molecule has 168 valence electrons. The zero-order valence-electron chi connectivity index (χ0n) is 18.2. The van der Waals surface area contributed by atoms with Gasteiger partial charge in [0, 0.05) is 31.5 Å². The summed E-state index contributed by atoms with van der Waals surface area (Å²) in [5.74, 6) is -1.24. The van der Waals surface area contributed by atoms with Crippen LogP contribution in [0.15, 0.2) is 54.7 Å². The number of carbonyl (C=O) groups is 4. The van der Waals surface area contributed by atoms with Gasteiger partial charge in [-0.05, 0) is 36.6 Å². The summed E-state index contributed by atoms with van der Waals surface area (Å²) in [6.07, 6.45) is 3.16. The van der Waals surface area contributed by atoms with Crippen LogP contribution in [0, 0.1) is 0 Å². The smallest absolute Gasteiger partial charge is 0.264 e. The second-order valence-electron chi connectivity index (χ2n) is 8.53. The molecule has 5 rings (SSSR count). The van der Waals surface area contributed by atoms with Crippen LogP contribution in [0.1, 0.15) is 35.7 Å². The number of fused-ring (bicyclic) bond motifs is 7. The minimum Gasteiger partial charge on any atom is -0.344 e. The van der Waals surface area contributed by atoms with E-state index < -0.39 is 12.1 Å². The van der Waals surface area contributed by atoms with E-state index in [4.69, 9.17) is 0 Å². The Morgan fingerprint density at radius 1 is 1.06 bits per heavy atom. The fourth-order valence-electron chi connectivity index (χ4n) is 4.87. The van der Waals surface area contributed by atoms with E-state index in [2.05, 4.69) is 10.6 Å². The molecule has 0 unspecified atom stereocenters. The number of amides is 3. The predicted octanol–water partition coefficient (Wildman–Crippen LogP) is 2.32. The molecule has 2 bridgehead atoms. The van der Waals surface area contributed by atoms with Crippen LogP contribution < -0.4 is 10.6 Å². The lowest BCUT2D eigenvalue weighted by molar-refractivity contribution is -0.139. The van der Waals surface area contributed by atoms with Gasteiger partial charge in [-0.2, -0.15) is 0 Å². The van der Waals surface area contributed by atoms with Gasteiger partial charge in [0.15, 0.2) is 0 Å². The van der Waals surface area contributed by atoms with Crippen molar-refractivity contribution in [3.8, 4) is 0 Å². The number of para-hydroxylation sites is 2. The van der Waals surface area contributed by atoms with Gasteiger partial charge in [-0.25, -0.2) is 0 Å². The van der Waals surface area contributed by atoms with Gasteiger partial charge < -0.3 is 15.5 Å². The Morgan fingerprint density at radius 3 is 2.64 bits per heavy atom. The normalized spacial score (nSPS) is 20.9. The summed E-state index contributed by atoms with van der Waals surface area (Å²) in [4.78, 5) is 53.8. The van der Waals surface area contributed by atoms with Crippen LogP contribution in [0.25, 0.3) is 10.9 Å². The van der Waals surface area contributed by atoms with Gasteiger partial charge >= 0.3 is 0 Å². The molecule has 2 N–H and O–H groups in total. The van der Waals surface area contributed by atoms with Crippen molar-refractivity contribution >= 4 is 40.2 Å². The Balaban J connectivity index is 1.71. The standard InChI is InChI=1S/C25H24N4O4/c1-15(30)26-20-13-16-14-29(21-10-5-3-7-17(16)21)24(32)18-8-2-4-9-19(18)27-23(31)22-11-6-12-28(22)25(20)33/h2-5,7-10,14,20,22H,6,11-13H2,1H3,(H,26,30)(H,27,31)/t20-,22-/m0/s1. The molecule has 2 aliphatic rings. The first-order valence-electron chi connectivity index (χ1n) is 11.0. The van der Waals surface area contributed by atoms with Gasteiger partial charge in [-0.3, -0.25) is 23.7 Å². The van der Waals surface area contributed by atoms with Gasteiger partial charge in [0.05, 0.1) is 16.8 Å². The van der Waals surface area contributed by atoms with E-state index in [1.54, 1.807) is 39.9 Å². The predicted molar refractivity (Wildman–Crippen MR) is 123 cm³/mol. The Labute approximate surface area is 190 Å². The molecule has 0 spiro atoms. The van der Waals surface area contributed by atoms with Crippen LogP contribution in [-0.4, -0.2) is 51.7 Å². The number of anilines is 1. The molecule has 2 aliphatic heterocycles. The zero-order valence-corrected chi connectivity index (χ0v) is 18.2. The number of nitrogens with zero attached hydrogens (tertiary/aromatic N) is 2. The van der Waals surface area contributed by atoms with Crippen LogP contribution in [0.2, 0.25) is 0 Å². The van der Waals surface area contributed by atoms with Gasteiger partial charge in [0.25, 0.3) is 5.91 Å². The maximum Gasteiger partial charge on any atom is 0.264 e. The van der Waals surface area contributed by atoms with E-state index in [-0.39, 0.29) is 30.0 Å². The molecule has 2 atom stereocenters. The molecule has 0 aliphatic carbocycles. The first kappa shape index (κ1) is 20.9.